The van der Waals surface area contributed by atoms with E-state index in [2.05, 4.69) is 21.6 Å². The van der Waals surface area contributed by atoms with E-state index in [9.17, 15) is 8.42 Å². The first-order valence-electron chi connectivity index (χ1n) is 6.47. The molecule has 8 heteroatoms. The molecule has 1 aromatic heterocycles. The summed E-state index contributed by atoms with van der Waals surface area (Å²) in [6.45, 7) is 4.15. The standard InChI is InChI=1S/C11H21N5O2S/c1-3-16(9-4-5-9)7-6-13-19(17,18)10-8-15(2)14-11(10)12/h8-9,13H,3-7H2,1-2H3,(H2,12,14). The van der Waals surface area contributed by atoms with E-state index in [1.54, 1.807) is 7.05 Å². The lowest BCUT2D eigenvalue weighted by atomic mass is 10.4. The normalized spacial score (nSPS) is 16.2. The van der Waals surface area contributed by atoms with Crippen molar-refractivity contribution in [2.24, 2.45) is 7.05 Å². The van der Waals surface area contributed by atoms with Crippen LogP contribution in [-0.4, -0.2) is 48.8 Å². The highest BCUT2D eigenvalue weighted by Gasteiger charge is 2.28. The number of nitrogens with one attached hydrogen (secondary N) is 1. The number of rotatable bonds is 7. The third-order valence-electron chi connectivity index (χ3n) is 3.27. The van der Waals surface area contributed by atoms with E-state index in [0.717, 1.165) is 13.1 Å². The minimum atomic E-state index is -3.56. The van der Waals surface area contributed by atoms with Crippen molar-refractivity contribution in [2.45, 2.75) is 30.7 Å². The number of anilines is 1. The van der Waals surface area contributed by atoms with Crippen LogP contribution in [0.5, 0.6) is 0 Å². The van der Waals surface area contributed by atoms with Gasteiger partial charge in [-0.05, 0) is 19.4 Å². The molecule has 1 aliphatic rings. The van der Waals surface area contributed by atoms with Gasteiger partial charge >= 0.3 is 0 Å². The lowest BCUT2D eigenvalue weighted by Gasteiger charge is -2.19. The fourth-order valence-electron chi connectivity index (χ4n) is 2.13. The Morgan fingerprint density at radius 1 is 1.58 bits per heavy atom. The summed E-state index contributed by atoms with van der Waals surface area (Å²) in [7, 11) is -1.92. The van der Waals surface area contributed by atoms with E-state index in [1.807, 2.05) is 0 Å². The van der Waals surface area contributed by atoms with Crippen molar-refractivity contribution in [2.75, 3.05) is 25.4 Å². The summed E-state index contributed by atoms with van der Waals surface area (Å²) in [6, 6.07) is 0.637. The average Bonchev–Trinajstić information content (AvgIpc) is 3.10. The van der Waals surface area contributed by atoms with Crippen molar-refractivity contribution in [3.05, 3.63) is 6.20 Å². The Hall–Kier alpha value is -1.12. The number of nitrogens with zero attached hydrogens (tertiary/aromatic N) is 3. The Balaban J connectivity index is 1.92. The van der Waals surface area contributed by atoms with Gasteiger partial charge in [-0.15, -0.1) is 0 Å². The molecule has 0 unspecified atom stereocenters. The molecule has 1 aromatic rings. The molecule has 0 spiro atoms. The first-order valence-corrected chi connectivity index (χ1v) is 7.95. The van der Waals surface area contributed by atoms with Gasteiger partial charge in [0.15, 0.2) is 5.82 Å². The Morgan fingerprint density at radius 3 is 2.74 bits per heavy atom. The van der Waals surface area contributed by atoms with E-state index in [1.165, 1.54) is 23.7 Å². The molecule has 0 radical (unpaired) electrons. The molecule has 1 saturated carbocycles. The van der Waals surface area contributed by atoms with E-state index in [4.69, 9.17) is 5.73 Å². The van der Waals surface area contributed by atoms with Crippen LogP contribution in [0.1, 0.15) is 19.8 Å². The topological polar surface area (TPSA) is 93.2 Å². The van der Waals surface area contributed by atoms with Gasteiger partial charge < -0.3 is 5.73 Å². The second-order valence-electron chi connectivity index (χ2n) is 4.81. The molecule has 0 amide bonds. The minimum absolute atomic E-state index is 0.0320. The van der Waals surface area contributed by atoms with Crippen molar-refractivity contribution in [3.63, 3.8) is 0 Å². The number of aryl methyl sites for hydroxylation is 1. The van der Waals surface area contributed by atoms with Crippen molar-refractivity contribution in [3.8, 4) is 0 Å². The molecule has 0 aromatic carbocycles. The monoisotopic (exact) mass is 287 g/mol. The fraction of sp³-hybridized carbons (Fsp3) is 0.727. The van der Waals surface area contributed by atoms with Crippen molar-refractivity contribution in [1.82, 2.24) is 19.4 Å². The predicted octanol–water partition coefficient (Wildman–Crippen LogP) is -0.235. The zero-order valence-electron chi connectivity index (χ0n) is 11.3. The van der Waals surface area contributed by atoms with Gasteiger partial charge in [0, 0.05) is 32.4 Å². The van der Waals surface area contributed by atoms with Crippen LogP contribution >= 0.6 is 0 Å². The Labute approximate surface area is 113 Å². The minimum Gasteiger partial charge on any atom is -0.381 e. The maximum Gasteiger partial charge on any atom is 0.245 e. The highest BCUT2D eigenvalue weighted by atomic mass is 32.2. The second-order valence-corrected chi connectivity index (χ2v) is 6.55. The Kier molecular flexibility index (Phi) is 4.12. The quantitative estimate of drug-likeness (QED) is 0.722. The number of hydrogen-bond acceptors (Lipinski definition) is 5. The molecular weight excluding hydrogens is 266 g/mol. The van der Waals surface area contributed by atoms with Crippen LogP contribution in [0.15, 0.2) is 11.1 Å². The number of nitrogens with two attached hydrogens (primary N) is 1. The van der Waals surface area contributed by atoms with Crippen LogP contribution < -0.4 is 10.5 Å². The first kappa shape index (κ1) is 14.3. The molecule has 0 saturated heterocycles. The van der Waals surface area contributed by atoms with Gasteiger partial charge in [0.1, 0.15) is 4.90 Å². The number of sulfonamides is 1. The molecule has 19 heavy (non-hydrogen) atoms. The van der Waals surface area contributed by atoms with Gasteiger partial charge in [-0.25, -0.2) is 13.1 Å². The summed E-state index contributed by atoms with van der Waals surface area (Å²) in [5.74, 6) is 0.0320. The molecule has 108 valence electrons. The second kappa shape index (κ2) is 5.48. The van der Waals surface area contributed by atoms with Crippen LogP contribution in [-0.2, 0) is 17.1 Å². The molecule has 0 bridgehead atoms. The lowest BCUT2D eigenvalue weighted by Crippen LogP contribution is -2.36. The number of hydrogen-bond donors (Lipinski definition) is 2. The van der Waals surface area contributed by atoms with E-state index >= 15 is 0 Å². The largest absolute Gasteiger partial charge is 0.381 e. The van der Waals surface area contributed by atoms with Gasteiger partial charge in [0.25, 0.3) is 0 Å². The van der Waals surface area contributed by atoms with Gasteiger partial charge in [-0.1, -0.05) is 6.92 Å². The van der Waals surface area contributed by atoms with Crippen LogP contribution in [0, 0.1) is 0 Å². The SMILES string of the molecule is CCN(CCNS(=O)(=O)c1cn(C)nc1N)C1CC1. The number of nitrogen functional groups attached to an aromatic ring is 1. The zero-order chi connectivity index (χ0) is 14.0. The molecule has 0 aliphatic heterocycles. The smallest absolute Gasteiger partial charge is 0.245 e. The van der Waals surface area contributed by atoms with Gasteiger partial charge in [0.05, 0.1) is 0 Å². The molecule has 7 nitrogen and oxygen atoms in total. The molecule has 2 rings (SSSR count). The summed E-state index contributed by atoms with van der Waals surface area (Å²) in [6.07, 6.45) is 3.85. The lowest BCUT2D eigenvalue weighted by molar-refractivity contribution is 0.282. The van der Waals surface area contributed by atoms with Crippen LogP contribution in [0.4, 0.5) is 5.82 Å². The molecule has 1 aliphatic carbocycles. The van der Waals surface area contributed by atoms with E-state index in [0.29, 0.717) is 12.6 Å². The molecule has 3 N–H and O–H groups in total. The highest BCUT2D eigenvalue weighted by Crippen LogP contribution is 2.25. The number of aromatic nitrogens is 2. The Bertz CT molecular complexity index is 535. The summed E-state index contributed by atoms with van der Waals surface area (Å²) in [4.78, 5) is 2.33. The molecule has 1 fully saturated rings. The van der Waals surface area contributed by atoms with Crippen LogP contribution in [0.25, 0.3) is 0 Å². The third kappa shape index (κ3) is 3.46. The third-order valence-corrected chi connectivity index (χ3v) is 4.75. The van der Waals surface area contributed by atoms with E-state index < -0.39 is 10.0 Å². The summed E-state index contributed by atoms with van der Waals surface area (Å²) >= 11 is 0. The predicted molar refractivity (Wildman–Crippen MR) is 73.1 cm³/mol. The van der Waals surface area contributed by atoms with Crippen LogP contribution in [0.3, 0.4) is 0 Å². The molecule has 1 heterocycles. The number of likely N-dealkylation sites (N-methyl/N-ethyl adjacent to an activating group) is 1. The van der Waals surface area contributed by atoms with Crippen molar-refractivity contribution in [1.29, 1.82) is 0 Å². The molecule has 0 atom stereocenters. The molecular formula is C11H21N5O2S. The van der Waals surface area contributed by atoms with Crippen molar-refractivity contribution >= 4 is 15.8 Å². The summed E-state index contributed by atoms with van der Waals surface area (Å²) < 4.78 is 28.1. The van der Waals surface area contributed by atoms with Gasteiger partial charge in [0.2, 0.25) is 10.0 Å². The fourth-order valence-corrected chi connectivity index (χ4v) is 3.25. The maximum atomic E-state index is 12.1. The van der Waals surface area contributed by atoms with Gasteiger partial charge in [-0.3, -0.25) is 9.58 Å². The average molecular weight is 287 g/mol. The van der Waals surface area contributed by atoms with Crippen LogP contribution in [0.2, 0.25) is 0 Å². The zero-order valence-corrected chi connectivity index (χ0v) is 12.2. The first-order chi connectivity index (χ1) is 8.94. The highest BCUT2D eigenvalue weighted by molar-refractivity contribution is 7.89. The summed E-state index contributed by atoms with van der Waals surface area (Å²) in [5, 5.41) is 3.84. The van der Waals surface area contributed by atoms with E-state index in [-0.39, 0.29) is 10.7 Å². The van der Waals surface area contributed by atoms with Crippen molar-refractivity contribution < 1.29 is 8.42 Å². The summed E-state index contributed by atoms with van der Waals surface area (Å²) in [5.41, 5.74) is 5.58. The maximum absolute atomic E-state index is 12.1. The van der Waals surface area contributed by atoms with Gasteiger partial charge in [-0.2, -0.15) is 5.10 Å². The Morgan fingerprint density at radius 2 is 2.26 bits per heavy atom.